The van der Waals surface area contributed by atoms with Crippen LogP contribution in [0.25, 0.3) is 21.2 Å². The first-order valence-electron chi connectivity index (χ1n) is 27.2. The van der Waals surface area contributed by atoms with E-state index in [9.17, 15) is 37.5 Å². The number of carbonyl (C=O) groups is 4. The molecule has 0 saturated carbocycles. The van der Waals surface area contributed by atoms with Gasteiger partial charge >= 0.3 is 6.18 Å². The molecule has 0 aliphatic carbocycles. The number of amides is 4. The molecule has 3 saturated heterocycles. The van der Waals surface area contributed by atoms with Gasteiger partial charge in [-0.1, -0.05) is 81.4 Å². The zero-order valence-corrected chi connectivity index (χ0v) is 46.3. The largest absolute Gasteiger partial charge is 0.457 e. The van der Waals surface area contributed by atoms with E-state index in [1.54, 1.807) is 41.7 Å². The summed E-state index contributed by atoms with van der Waals surface area (Å²) in [7, 11) is 0. The van der Waals surface area contributed by atoms with E-state index in [1.165, 1.54) is 22.6 Å². The van der Waals surface area contributed by atoms with E-state index in [0.29, 0.717) is 23.8 Å². The molecule has 418 valence electrons. The summed E-state index contributed by atoms with van der Waals surface area (Å²) in [5.41, 5.74) is 6.01. The Hall–Kier alpha value is -6.70. The molecule has 6 aromatic rings. The highest BCUT2D eigenvalue weighted by molar-refractivity contribution is 7.13. The van der Waals surface area contributed by atoms with Crippen LogP contribution in [0.3, 0.4) is 0 Å². The lowest BCUT2D eigenvalue weighted by atomic mass is 9.85. The van der Waals surface area contributed by atoms with E-state index in [1.807, 2.05) is 82.6 Å². The van der Waals surface area contributed by atoms with E-state index in [-0.39, 0.29) is 54.9 Å². The Bertz CT molecular complexity index is 3090. The summed E-state index contributed by atoms with van der Waals surface area (Å²) in [6.07, 6.45) is -3.00. The molecule has 4 amide bonds. The molecule has 14 nitrogen and oxygen atoms in total. The lowest BCUT2D eigenvalue weighted by Crippen LogP contribution is -2.59. The van der Waals surface area contributed by atoms with Crippen LogP contribution >= 0.6 is 11.3 Å². The molecule has 3 aliphatic heterocycles. The predicted molar refractivity (Wildman–Crippen MR) is 300 cm³/mol. The maximum absolute atomic E-state index is 14.3. The summed E-state index contributed by atoms with van der Waals surface area (Å²) in [6.45, 7) is 17.1. The monoisotopic (exact) mass is 1100 g/mol. The molecule has 3 fully saturated rings. The van der Waals surface area contributed by atoms with Gasteiger partial charge in [-0.2, -0.15) is 13.2 Å². The first-order valence-corrected chi connectivity index (χ1v) is 28.1. The van der Waals surface area contributed by atoms with Crippen LogP contribution in [0, 0.1) is 18.3 Å². The number of thiazole rings is 1. The number of piperidine rings is 1. The first kappa shape index (κ1) is 57.0. The molecule has 4 heterocycles. The smallest absolute Gasteiger partial charge is 0.416 e. The van der Waals surface area contributed by atoms with Gasteiger partial charge in [0.2, 0.25) is 17.7 Å². The van der Waals surface area contributed by atoms with Crippen LogP contribution in [0.5, 0.6) is 11.5 Å². The molecule has 1 aromatic heterocycles. The van der Waals surface area contributed by atoms with Crippen molar-refractivity contribution in [1.82, 2.24) is 40.5 Å². The van der Waals surface area contributed by atoms with Crippen molar-refractivity contribution in [3.63, 3.8) is 0 Å². The molecular weight excluding hydrogens is 1030 g/mol. The van der Waals surface area contributed by atoms with Crippen LogP contribution in [0.4, 0.5) is 13.2 Å². The SMILES string of the molecule is Cc1ncsc1-c1ccc([C@H](C)NC(=O)[C@@H]2C[C@@H](O)CN2C(=O)[C@@H](NC(=O)CN2CCN(CC3CCN(Cc4cccc(CNC(=O)c5ccc6c(Oc7ccc(C(F)(F)F)cc7)cccc6c5)c4)CC3)CC2)C(C)(C)C)cc1. The first-order chi connectivity index (χ1) is 37.7. The second kappa shape index (κ2) is 24.8. The lowest BCUT2D eigenvalue weighted by molar-refractivity contribution is -0.144. The zero-order valence-electron chi connectivity index (χ0n) is 45.5. The molecule has 4 atom stereocenters. The molecule has 18 heteroatoms. The number of β-amino-alcohol motifs (C(OH)–C–C–N with tert-alkyl or cyclic N) is 1. The molecule has 0 unspecified atom stereocenters. The number of benzene rings is 5. The van der Waals surface area contributed by atoms with Crippen molar-refractivity contribution in [3.8, 4) is 21.9 Å². The lowest BCUT2D eigenvalue weighted by Gasteiger charge is -2.39. The third-order valence-corrected chi connectivity index (χ3v) is 16.5. The molecule has 79 heavy (non-hydrogen) atoms. The number of piperazine rings is 1. The van der Waals surface area contributed by atoms with Crippen LogP contribution in [-0.4, -0.2) is 130 Å². The van der Waals surface area contributed by atoms with Gasteiger partial charge < -0.3 is 35.6 Å². The highest BCUT2D eigenvalue weighted by Crippen LogP contribution is 2.35. The number of ether oxygens (including phenoxy) is 1. The van der Waals surface area contributed by atoms with Crippen LogP contribution in [-0.2, 0) is 33.6 Å². The maximum atomic E-state index is 14.3. The van der Waals surface area contributed by atoms with Crippen LogP contribution < -0.4 is 20.7 Å². The van der Waals surface area contributed by atoms with Gasteiger partial charge in [0, 0.05) is 69.7 Å². The van der Waals surface area contributed by atoms with E-state index < -0.39 is 35.3 Å². The van der Waals surface area contributed by atoms with Crippen molar-refractivity contribution in [2.45, 2.75) is 97.4 Å². The second-order valence-electron chi connectivity index (χ2n) is 22.5. The number of hydrogen-bond acceptors (Lipinski definition) is 11. The normalized spacial score (nSPS) is 18.8. The number of hydrogen-bond donors (Lipinski definition) is 4. The zero-order chi connectivity index (χ0) is 56.0. The van der Waals surface area contributed by atoms with E-state index in [2.05, 4.69) is 47.8 Å². The number of nitrogens with zero attached hydrogens (tertiary/aromatic N) is 5. The topological polar surface area (TPSA) is 160 Å². The Labute approximate surface area is 464 Å². The predicted octanol–water partition coefficient (Wildman–Crippen LogP) is 9.21. The highest BCUT2D eigenvalue weighted by atomic mass is 32.1. The molecule has 0 spiro atoms. The fourth-order valence-electron chi connectivity index (χ4n) is 11.0. The Morgan fingerprint density at radius 3 is 2.19 bits per heavy atom. The van der Waals surface area contributed by atoms with Gasteiger partial charge in [0.15, 0.2) is 0 Å². The minimum atomic E-state index is -4.43. The fourth-order valence-corrected chi connectivity index (χ4v) is 11.8. The Morgan fingerprint density at radius 2 is 1.51 bits per heavy atom. The molecule has 0 bridgehead atoms. The highest BCUT2D eigenvalue weighted by Gasteiger charge is 2.45. The van der Waals surface area contributed by atoms with Gasteiger partial charge in [0.05, 0.1) is 40.3 Å². The summed E-state index contributed by atoms with van der Waals surface area (Å²) in [5, 5.41) is 21.4. The molecule has 4 N–H and O–H groups in total. The number of alkyl halides is 3. The van der Waals surface area contributed by atoms with Gasteiger partial charge in [-0.05, 0) is 127 Å². The summed E-state index contributed by atoms with van der Waals surface area (Å²) in [6, 6.07) is 29.4. The minimum absolute atomic E-state index is 0.00952. The summed E-state index contributed by atoms with van der Waals surface area (Å²) in [4.78, 5) is 69.1. The van der Waals surface area contributed by atoms with Crippen molar-refractivity contribution in [2.75, 3.05) is 58.9 Å². The molecular formula is C61H71F3N8O6S. The average Bonchev–Trinajstić information content (AvgIpc) is 4.11. The van der Waals surface area contributed by atoms with Gasteiger partial charge in [0.1, 0.15) is 23.6 Å². The molecule has 0 radical (unpaired) electrons. The molecule has 5 aromatic carbocycles. The number of nitrogens with one attached hydrogen (secondary N) is 3. The number of halogens is 3. The second-order valence-corrected chi connectivity index (χ2v) is 23.4. The average molecular weight is 1100 g/mol. The minimum Gasteiger partial charge on any atom is -0.457 e. The van der Waals surface area contributed by atoms with Crippen molar-refractivity contribution in [1.29, 1.82) is 0 Å². The fraction of sp³-hybridized carbons (Fsp3) is 0.426. The van der Waals surface area contributed by atoms with Crippen molar-refractivity contribution in [2.24, 2.45) is 11.3 Å². The number of carbonyl (C=O) groups excluding carboxylic acids is 4. The molecule has 3 aliphatic rings. The third kappa shape index (κ3) is 14.6. The van der Waals surface area contributed by atoms with E-state index >= 15 is 0 Å². The number of aryl methyl sites for hydroxylation is 1. The quantitative estimate of drug-likeness (QED) is 0.0694. The number of fused-ring (bicyclic) bond motifs is 1. The van der Waals surface area contributed by atoms with E-state index in [4.69, 9.17) is 4.74 Å². The summed E-state index contributed by atoms with van der Waals surface area (Å²) in [5.74, 6) is 0.123. The van der Waals surface area contributed by atoms with Gasteiger partial charge in [-0.25, -0.2) is 4.98 Å². The van der Waals surface area contributed by atoms with Crippen molar-refractivity contribution >= 4 is 45.7 Å². The number of aromatic nitrogens is 1. The maximum Gasteiger partial charge on any atom is 0.416 e. The third-order valence-electron chi connectivity index (χ3n) is 15.5. The molecule has 9 rings (SSSR count). The van der Waals surface area contributed by atoms with Crippen molar-refractivity contribution in [3.05, 3.63) is 148 Å². The number of aliphatic hydroxyl groups is 1. The van der Waals surface area contributed by atoms with Gasteiger partial charge in [0.25, 0.3) is 5.91 Å². The Morgan fingerprint density at radius 1 is 0.810 bits per heavy atom. The van der Waals surface area contributed by atoms with Crippen LogP contribution in [0.15, 0.2) is 115 Å². The van der Waals surface area contributed by atoms with Gasteiger partial charge in [-0.15, -0.1) is 11.3 Å². The van der Waals surface area contributed by atoms with Crippen LogP contribution in [0.1, 0.15) is 91.3 Å². The van der Waals surface area contributed by atoms with Gasteiger partial charge in [-0.3, -0.25) is 29.0 Å². The number of likely N-dealkylation sites (tertiary alicyclic amines) is 2. The van der Waals surface area contributed by atoms with Crippen molar-refractivity contribution < 1.29 is 42.2 Å². The standard InChI is InChI=1S/C61H71F3N8O6S/c1-39(44-12-14-45(15-13-44)55-40(2)66-38-79-55)67-58(76)52-32-49(73)36-72(52)59(77)56(60(3,4)5)68-54(74)37-71-28-26-70(27-29-71)34-41-22-24-69(25-23-41)35-43-9-6-8-42(30-43)33-65-57(75)47-16-21-51-46(31-47)10-7-11-53(51)78-50-19-17-48(18-20-50)61(62,63)64/h6-21,30-31,38-39,41,49,52,56,73H,22-29,32-37H2,1-5H3,(H,65,75)(H,67,76)(H,68,74)/t39-,49+,52-,56+/m0/s1. The number of rotatable bonds is 17. The number of aliphatic hydroxyl groups excluding tert-OH is 1. The van der Waals surface area contributed by atoms with E-state index in [0.717, 1.165) is 115 Å². The summed E-state index contributed by atoms with van der Waals surface area (Å²) < 4.78 is 45.1. The van der Waals surface area contributed by atoms with Crippen LogP contribution in [0.2, 0.25) is 0 Å². The Kier molecular flexibility index (Phi) is 17.9. The Balaban J connectivity index is 0.687. The summed E-state index contributed by atoms with van der Waals surface area (Å²) >= 11 is 1.58.